The zero-order valence-electron chi connectivity index (χ0n) is 12.1. The second-order valence-corrected chi connectivity index (χ2v) is 5.50. The number of rotatable bonds is 4. The number of aryl methyl sites for hydroxylation is 1. The third-order valence-electron chi connectivity index (χ3n) is 3.14. The van der Waals surface area contributed by atoms with Crippen molar-refractivity contribution in [3.8, 4) is 0 Å². The van der Waals surface area contributed by atoms with Gasteiger partial charge in [-0.2, -0.15) is 0 Å². The largest absolute Gasteiger partial charge is 0.351 e. The molecule has 5 heteroatoms. The van der Waals surface area contributed by atoms with Crippen molar-refractivity contribution in [1.82, 2.24) is 15.6 Å². The van der Waals surface area contributed by atoms with E-state index in [0.29, 0.717) is 0 Å². The maximum absolute atomic E-state index is 4.26. The average Bonchev–Trinajstić information content (AvgIpc) is 2.89. The van der Waals surface area contributed by atoms with Gasteiger partial charge in [0.05, 0.1) is 23.8 Å². The molecular weight excluding hydrogens is 268 g/mol. The van der Waals surface area contributed by atoms with Crippen molar-refractivity contribution in [3.05, 3.63) is 52.0 Å². The lowest BCUT2D eigenvalue weighted by Gasteiger charge is -2.18. The highest BCUT2D eigenvalue weighted by Gasteiger charge is 2.08. The minimum absolute atomic E-state index is 0.213. The Morgan fingerprint density at radius 3 is 2.70 bits per heavy atom. The SMILES string of the molecule is CN=C(NCc1scnc1C)NC(C)c1ccccc1. The third kappa shape index (κ3) is 3.81. The van der Waals surface area contributed by atoms with Crippen LogP contribution in [0.25, 0.3) is 0 Å². The lowest BCUT2D eigenvalue weighted by molar-refractivity contribution is 0.686. The summed E-state index contributed by atoms with van der Waals surface area (Å²) in [5.74, 6) is 0.800. The molecule has 0 spiro atoms. The highest BCUT2D eigenvalue weighted by molar-refractivity contribution is 7.09. The highest BCUT2D eigenvalue weighted by Crippen LogP contribution is 2.12. The van der Waals surface area contributed by atoms with E-state index in [9.17, 15) is 0 Å². The minimum Gasteiger partial charge on any atom is -0.351 e. The standard InChI is InChI=1S/C15H20N4S/c1-11(13-7-5-4-6-8-13)19-15(16-3)17-9-14-12(2)18-10-20-14/h4-8,10-11H,9H2,1-3H3,(H2,16,17,19). The van der Waals surface area contributed by atoms with Crippen LogP contribution in [0, 0.1) is 6.92 Å². The van der Waals surface area contributed by atoms with Crippen LogP contribution in [0.4, 0.5) is 0 Å². The molecule has 1 aromatic carbocycles. The van der Waals surface area contributed by atoms with Crippen molar-refractivity contribution in [1.29, 1.82) is 0 Å². The van der Waals surface area contributed by atoms with Crippen LogP contribution in [0.2, 0.25) is 0 Å². The van der Waals surface area contributed by atoms with E-state index < -0.39 is 0 Å². The van der Waals surface area contributed by atoms with Crippen LogP contribution in [0.3, 0.4) is 0 Å². The molecule has 2 aromatic rings. The fourth-order valence-electron chi connectivity index (χ4n) is 1.88. The molecule has 106 valence electrons. The van der Waals surface area contributed by atoms with E-state index >= 15 is 0 Å². The Morgan fingerprint density at radius 1 is 1.35 bits per heavy atom. The predicted molar refractivity (Wildman–Crippen MR) is 85.0 cm³/mol. The van der Waals surface area contributed by atoms with E-state index in [1.165, 1.54) is 10.4 Å². The molecule has 2 N–H and O–H groups in total. The van der Waals surface area contributed by atoms with Crippen molar-refractivity contribution in [2.75, 3.05) is 7.05 Å². The lowest BCUT2D eigenvalue weighted by Crippen LogP contribution is -2.38. The first kappa shape index (κ1) is 14.5. The third-order valence-corrected chi connectivity index (χ3v) is 4.07. The van der Waals surface area contributed by atoms with Crippen LogP contribution in [0.15, 0.2) is 40.8 Å². The van der Waals surface area contributed by atoms with Crippen molar-refractivity contribution < 1.29 is 0 Å². The van der Waals surface area contributed by atoms with E-state index in [1.807, 2.05) is 30.6 Å². The molecule has 1 heterocycles. The van der Waals surface area contributed by atoms with Gasteiger partial charge in [-0.15, -0.1) is 11.3 Å². The van der Waals surface area contributed by atoms with E-state index in [2.05, 4.69) is 39.7 Å². The Balaban J connectivity index is 1.91. The van der Waals surface area contributed by atoms with Gasteiger partial charge in [0.2, 0.25) is 0 Å². The van der Waals surface area contributed by atoms with E-state index in [-0.39, 0.29) is 6.04 Å². The van der Waals surface area contributed by atoms with Gasteiger partial charge in [0, 0.05) is 11.9 Å². The lowest BCUT2D eigenvalue weighted by atomic mass is 10.1. The fourth-order valence-corrected chi connectivity index (χ4v) is 2.60. The monoisotopic (exact) mass is 288 g/mol. The molecular formula is C15H20N4S. The van der Waals surface area contributed by atoms with Crippen LogP contribution in [0.5, 0.6) is 0 Å². The Morgan fingerprint density at radius 2 is 2.10 bits per heavy atom. The molecule has 0 amide bonds. The summed E-state index contributed by atoms with van der Waals surface area (Å²) in [5.41, 5.74) is 4.19. The van der Waals surface area contributed by atoms with Gasteiger partial charge in [0.15, 0.2) is 5.96 Å². The van der Waals surface area contributed by atoms with Crippen LogP contribution >= 0.6 is 11.3 Å². The van der Waals surface area contributed by atoms with Crippen molar-refractivity contribution in [3.63, 3.8) is 0 Å². The maximum atomic E-state index is 4.26. The Kier molecular flexibility index (Phi) is 5.12. The van der Waals surface area contributed by atoms with Gasteiger partial charge in [-0.3, -0.25) is 4.99 Å². The van der Waals surface area contributed by atoms with Gasteiger partial charge in [-0.05, 0) is 19.4 Å². The van der Waals surface area contributed by atoms with Gasteiger partial charge in [-0.1, -0.05) is 30.3 Å². The second kappa shape index (κ2) is 7.05. The van der Waals surface area contributed by atoms with Gasteiger partial charge in [0.25, 0.3) is 0 Å². The Hall–Kier alpha value is -1.88. The van der Waals surface area contributed by atoms with Crippen molar-refractivity contribution in [2.24, 2.45) is 4.99 Å². The van der Waals surface area contributed by atoms with Crippen LogP contribution in [0.1, 0.15) is 29.1 Å². The van der Waals surface area contributed by atoms with Gasteiger partial charge in [0.1, 0.15) is 0 Å². The number of thiazole rings is 1. The summed E-state index contributed by atoms with van der Waals surface area (Å²) >= 11 is 1.66. The Labute approximate surface area is 124 Å². The smallest absolute Gasteiger partial charge is 0.191 e. The normalized spacial score (nSPS) is 13.1. The average molecular weight is 288 g/mol. The number of hydrogen-bond donors (Lipinski definition) is 2. The van der Waals surface area contributed by atoms with Crippen molar-refractivity contribution in [2.45, 2.75) is 26.4 Å². The number of aliphatic imine (C=N–C) groups is 1. The summed E-state index contributed by atoms with van der Waals surface area (Å²) in [7, 11) is 1.78. The molecule has 0 radical (unpaired) electrons. The molecule has 4 nitrogen and oxygen atoms in total. The second-order valence-electron chi connectivity index (χ2n) is 4.56. The van der Waals surface area contributed by atoms with Crippen LogP contribution in [-0.2, 0) is 6.54 Å². The number of aromatic nitrogens is 1. The fraction of sp³-hybridized carbons (Fsp3) is 0.333. The topological polar surface area (TPSA) is 49.3 Å². The molecule has 0 saturated carbocycles. The summed E-state index contributed by atoms with van der Waals surface area (Å²) in [4.78, 5) is 9.74. The first-order valence-corrected chi connectivity index (χ1v) is 7.49. The maximum Gasteiger partial charge on any atom is 0.191 e. The Bertz CT molecular complexity index is 562. The van der Waals surface area contributed by atoms with E-state index in [1.54, 1.807) is 18.4 Å². The van der Waals surface area contributed by atoms with E-state index in [4.69, 9.17) is 0 Å². The number of hydrogen-bond acceptors (Lipinski definition) is 3. The molecule has 0 aliphatic rings. The molecule has 20 heavy (non-hydrogen) atoms. The van der Waals surface area contributed by atoms with Gasteiger partial charge >= 0.3 is 0 Å². The van der Waals surface area contributed by atoms with E-state index in [0.717, 1.165) is 18.2 Å². The molecule has 1 unspecified atom stereocenters. The van der Waals surface area contributed by atoms with Crippen molar-refractivity contribution >= 4 is 17.3 Å². The molecule has 0 aliphatic heterocycles. The minimum atomic E-state index is 0.213. The predicted octanol–water partition coefficient (Wildman–Crippen LogP) is 2.88. The molecule has 1 aromatic heterocycles. The highest BCUT2D eigenvalue weighted by atomic mass is 32.1. The summed E-state index contributed by atoms with van der Waals surface area (Å²) in [6, 6.07) is 10.5. The van der Waals surface area contributed by atoms with Crippen LogP contribution < -0.4 is 10.6 Å². The van der Waals surface area contributed by atoms with Gasteiger partial charge < -0.3 is 10.6 Å². The molecule has 2 rings (SSSR count). The van der Waals surface area contributed by atoms with Crippen LogP contribution in [-0.4, -0.2) is 18.0 Å². The number of benzene rings is 1. The first-order valence-electron chi connectivity index (χ1n) is 6.61. The summed E-state index contributed by atoms with van der Waals surface area (Å²) in [5, 5.41) is 6.71. The first-order chi connectivity index (χ1) is 9.70. The zero-order chi connectivity index (χ0) is 14.4. The number of guanidine groups is 1. The molecule has 0 bridgehead atoms. The molecule has 0 saturated heterocycles. The summed E-state index contributed by atoms with van der Waals surface area (Å²) < 4.78 is 0. The van der Waals surface area contributed by atoms with Gasteiger partial charge in [-0.25, -0.2) is 4.98 Å². The summed E-state index contributed by atoms with van der Waals surface area (Å²) in [6.07, 6.45) is 0. The molecule has 0 aliphatic carbocycles. The molecule has 0 fully saturated rings. The summed E-state index contributed by atoms with van der Waals surface area (Å²) in [6.45, 7) is 4.90. The number of nitrogens with one attached hydrogen (secondary N) is 2. The molecule has 1 atom stereocenters. The quantitative estimate of drug-likeness (QED) is 0.672. The number of nitrogens with zero attached hydrogens (tertiary/aromatic N) is 2. The zero-order valence-corrected chi connectivity index (χ0v) is 12.9.